The Morgan fingerprint density at radius 2 is 2.38 bits per heavy atom. The number of hydrogen-bond acceptors (Lipinski definition) is 3. The predicted molar refractivity (Wildman–Crippen MR) is 70.8 cm³/mol. The van der Waals surface area contributed by atoms with Gasteiger partial charge in [0.2, 0.25) is 5.91 Å². The molecule has 2 unspecified atom stereocenters. The van der Waals surface area contributed by atoms with Crippen LogP contribution in [0.3, 0.4) is 0 Å². The number of piperidine rings is 1. The maximum atomic E-state index is 12.0. The molecule has 94 valence electrons. The fourth-order valence-corrected chi connectivity index (χ4v) is 2.32. The first-order chi connectivity index (χ1) is 7.58. The van der Waals surface area contributed by atoms with Gasteiger partial charge in [0.1, 0.15) is 0 Å². The molecule has 0 aromatic rings. The van der Waals surface area contributed by atoms with Crippen LogP contribution >= 0.6 is 11.8 Å². The second-order valence-corrected chi connectivity index (χ2v) is 6.21. The van der Waals surface area contributed by atoms with Gasteiger partial charge >= 0.3 is 0 Å². The molecule has 0 aromatic carbocycles. The molecule has 3 nitrogen and oxygen atoms in total. The van der Waals surface area contributed by atoms with E-state index in [-0.39, 0.29) is 11.3 Å². The van der Waals surface area contributed by atoms with E-state index in [1.54, 1.807) is 0 Å². The van der Waals surface area contributed by atoms with Gasteiger partial charge in [0, 0.05) is 18.3 Å². The van der Waals surface area contributed by atoms with Crippen molar-refractivity contribution in [2.24, 2.45) is 5.41 Å². The minimum atomic E-state index is -0.194. The van der Waals surface area contributed by atoms with E-state index in [1.807, 2.05) is 11.8 Å². The van der Waals surface area contributed by atoms with Crippen LogP contribution in [-0.4, -0.2) is 37.0 Å². The molecule has 0 spiro atoms. The summed E-state index contributed by atoms with van der Waals surface area (Å²) in [5, 5.41) is 6.99. The molecule has 2 atom stereocenters. The van der Waals surface area contributed by atoms with Gasteiger partial charge in [-0.1, -0.05) is 6.92 Å². The van der Waals surface area contributed by atoms with Crippen LogP contribution in [0.5, 0.6) is 0 Å². The van der Waals surface area contributed by atoms with Crippen LogP contribution < -0.4 is 10.6 Å². The Balaban J connectivity index is 2.28. The summed E-state index contributed by atoms with van der Waals surface area (Å²) in [7, 11) is 0. The molecule has 0 aliphatic carbocycles. The van der Waals surface area contributed by atoms with E-state index in [0.717, 1.165) is 38.9 Å². The van der Waals surface area contributed by atoms with Gasteiger partial charge in [0.15, 0.2) is 0 Å². The van der Waals surface area contributed by atoms with Gasteiger partial charge in [-0.3, -0.25) is 4.79 Å². The fraction of sp³-hybridized carbons (Fsp3) is 0.917. The summed E-state index contributed by atoms with van der Waals surface area (Å²) >= 11 is 1.85. The van der Waals surface area contributed by atoms with Gasteiger partial charge in [-0.25, -0.2) is 0 Å². The Morgan fingerprint density at radius 1 is 1.62 bits per heavy atom. The molecule has 1 aliphatic heterocycles. The first kappa shape index (κ1) is 13.8. The van der Waals surface area contributed by atoms with E-state index >= 15 is 0 Å². The third-order valence-corrected chi connectivity index (χ3v) is 4.42. The maximum Gasteiger partial charge on any atom is 0.227 e. The van der Waals surface area contributed by atoms with E-state index in [0.29, 0.717) is 5.25 Å². The second kappa shape index (κ2) is 6.50. The molecule has 2 N–H and O–H groups in total. The summed E-state index contributed by atoms with van der Waals surface area (Å²) in [6, 6.07) is 0. The minimum absolute atomic E-state index is 0.194. The Hall–Kier alpha value is -0.220. The van der Waals surface area contributed by atoms with Gasteiger partial charge in [-0.15, -0.1) is 0 Å². The molecule has 1 rings (SSSR count). The number of carbonyl (C=O) groups is 1. The van der Waals surface area contributed by atoms with Crippen LogP contribution in [0.4, 0.5) is 0 Å². The molecular weight excluding hydrogens is 220 g/mol. The zero-order valence-electron chi connectivity index (χ0n) is 10.6. The van der Waals surface area contributed by atoms with Crippen molar-refractivity contribution in [2.75, 3.05) is 25.9 Å². The molecule has 1 aliphatic rings. The zero-order chi connectivity index (χ0) is 12.0. The van der Waals surface area contributed by atoms with Crippen molar-refractivity contribution < 1.29 is 4.79 Å². The number of carbonyl (C=O) groups excluding carboxylic acids is 1. The lowest BCUT2D eigenvalue weighted by Crippen LogP contribution is -2.49. The largest absolute Gasteiger partial charge is 0.356 e. The van der Waals surface area contributed by atoms with Crippen LogP contribution in [0.2, 0.25) is 0 Å². The molecule has 1 fully saturated rings. The van der Waals surface area contributed by atoms with Crippen molar-refractivity contribution in [3.8, 4) is 0 Å². The number of hydrogen-bond donors (Lipinski definition) is 2. The highest BCUT2D eigenvalue weighted by Gasteiger charge is 2.34. The topological polar surface area (TPSA) is 41.1 Å². The van der Waals surface area contributed by atoms with E-state index in [2.05, 4.69) is 30.7 Å². The number of nitrogens with one attached hydrogen (secondary N) is 2. The molecule has 1 heterocycles. The highest BCUT2D eigenvalue weighted by Crippen LogP contribution is 2.25. The molecule has 0 radical (unpaired) electrons. The van der Waals surface area contributed by atoms with Crippen molar-refractivity contribution >= 4 is 17.7 Å². The van der Waals surface area contributed by atoms with Crippen molar-refractivity contribution in [2.45, 2.75) is 38.4 Å². The van der Waals surface area contributed by atoms with Crippen LogP contribution in [0.1, 0.15) is 33.1 Å². The summed E-state index contributed by atoms with van der Waals surface area (Å²) in [6.07, 6.45) is 5.27. The highest BCUT2D eigenvalue weighted by atomic mass is 32.2. The zero-order valence-corrected chi connectivity index (χ0v) is 11.5. The quantitative estimate of drug-likeness (QED) is 0.772. The molecule has 0 saturated carbocycles. The lowest BCUT2D eigenvalue weighted by molar-refractivity contribution is -0.131. The first-order valence-electron chi connectivity index (χ1n) is 6.10. The Morgan fingerprint density at radius 3 is 2.94 bits per heavy atom. The summed E-state index contributed by atoms with van der Waals surface area (Å²) in [5.74, 6) is 0.216. The van der Waals surface area contributed by atoms with Crippen LogP contribution in [0.15, 0.2) is 0 Å². The summed E-state index contributed by atoms with van der Waals surface area (Å²) in [5.41, 5.74) is -0.194. The summed E-state index contributed by atoms with van der Waals surface area (Å²) < 4.78 is 0. The van der Waals surface area contributed by atoms with E-state index in [1.165, 1.54) is 0 Å². The van der Waals surface area contributed by atoms with E-state index in [9.17, 15) is 4.79 Å². The van der Waals surface area contributed by atoms with Gasteiger partial charge < -0.3 is 10.6 Å². The third-order valence-electron chi connectivity index (χ3n) is 3.38. The van der Waals surface area contributed by atoms with Gasteiger partial charge in [0.25, 0.3) is 0 Å². The highest BCUT2D eigenvalue weighted by molar-refractivity contribution is 7.99. The molecule has 1 saturated heterocycles. The van der Waals surface area contributed by atoms with Crippen LogP contribution in [0, 0.1) is 5.41 Å². The van der Waals surface area contributed by atoms with E-state index < -0.39 is 0 Å². The molecule has 4 heteroatoms. The standard InChI is InChI=1S/C12H24N2OS/c1-10(16-3)5-8-14-11(15)12(2)6-4-7-13-9-12/h10,13H,4-9H2,1-3H3,(H,14,15). The average molecular weight is 244 g/mol. The van der Waals surface area contributed by atoms with Crippen LogP contribution in [-0.2, 0) is 4.79 Å². The summed E-state index contributed by atoms with van der Waals surface area (Å²) in [4.78, 5) is 12.0. The molecule has 0 bridgehead atoms. The first-order valence-corrected chi connectivity index (χ1v) is 7.39. The van der Waals surface area contributed by atoms with Gasteiger partial charge in [-0.2, -0.15) is 11.8 Å². The monoisotopic (exact) mass is 244 g/mol. The average Bonchev–Trinajstić information content (AvgIpc) is 2.29. The Kier molecular flexibility index (Phi) is 5.62. The Labute approximate surface area is 103 Å². The van der Waals surface area contributed by atoms with Gasteiger partial charge in [-0.05, 0) is 39.0 Å². The van der Waals surface area contributed by atoms with Crippen molar-refractivity contribution in [1.82, 2.24) is 10.6 Å². The predicted octanol–water partition coefficient (Wildman–Crippen LogP) is 1.63. The van der Waals surface area contributed by atoms with Crippen molar-refractivity contribution in [1.29, 1.82) is 0 Å². The molecule has 0 aromatic heterocycles. The second-order valence-electron chi connectivity index (χ2n) is 4.93. The minimum Gasteiger partial charge on any atom is -0.356 e. The lowest BCUT2D eigenvalue weighted by atomic mass is 9.82. The molecule has 1 amide bonds. The number of thioether (sulfide) groups is 1. The van der Waals surface area contributed by atoms with Crippen molar-refractivity contribution in [3.63, 3.8) is 0 Å². The smallest absolute Gasteiger partial charge is 0.227 e. The SMILES string of the molecule is CSC(C)CCNC(=O)C1(C)CCCNC1. The maximum absolute atomic E-state index is 12.0. The molecule has 16 heavy (non-hydrogen) atoms. The normalized spacial score (nSPS) is 27.4. The van der Waals surface area contributed by atoms with E-state index in [4.69, 9.17) is 0 Å². The van der Waals surface area contributed by atoms with Gasteiger partial charge in [0.05, 0.1) is 5.41 Å². The number of amides is 1. The van der Waals surface area contributed by atoms with Crippen molar-refractivity contribution in [3.05, 3.63) is 0 Å². The Bertz CT molecular complexity index is 227. The fourth-order valence-electron chi connectivity index (χ4n) is 1.97. The number of rotatable bonds is 5. The third kappa shape index (κ3) is 3.98. The molecular formula is C12H24N2OS. The van der Waals surface area contributed by atoms with Crippen LogP contribution in [0.25, 0.3) is 0 Å². The lowest BCUT2D eigenvalue weighted by Gasteiger charge is -2.32. The summed E-state index contributed by atoms with van der Waals surface area (Å²) in [6.45, 7) is 6.92.